The highest BCUT2D eigenvalue weighted by Crippen LogP contribution is 2.26. The lowest BCUT2D eigenvalue weighted by molar-refractivity contribution is -0.142. The van der Waals surface area contributed by atoms with Crippen LogP contribution in [0.15, 0.2) is 0 Å². The molecule has 0 amide bonds. The number of anilines is 1. The Morgan fingerprint density at radius 3 is 2.17 bits per heavy atom. The second-order valence-corrected chi connectivity index (χ2v) is 4.90. The van der Waals surface area contributed by atoms with Crippen molar-refractivity contribution in [2.75, 3.05) is 5.32 Å². The van der Waals surface area contributed by atoms with Crippen LogP contribution in [-0.2, 0) is 4.79 Å². The van der Waals surface area contributed by atoms with E-state index in [4.69, 9.17) is 28.3 Å². The van der Waals surface area contributed by atoms with E-state index >= 15 is 0 Å². The van der Waals surface area contributed by atoms with E-state index in [1.54, 1.807) is 0 Å². The summed E-state index contributed by atoms with van der Waals surface area (Å²) in [5.41, 5.74) is 0. The maximum Gasteiger partial charge on any atom is 0.306 e. The Hall–Kier alpha value is -1.14. The Labute approximate surface area is 114 Å². The quantitative estimate of drug-likeness (QED) is 0.888. The van der Waals surface area contributed by atoms with Crippen LogP contribution in [0.2, 0.25) is 10.6 Å². The molecule has 1 aliphatic carbocycles. The molecule has 1 heterocycles. The van der Waals surface area contributed by atoms with E-state index in [0.29, 0.717) is 18.8 Å². The van der Waals surface area contributed by atoms with E-state index in [-0.39, 0.29) is 22.5 Å². The minimum Gasteiger partial charge on any atom is -0.481 e. The van der Waals surface area contributed by atoms with E-state index in [2.05, 4.69) is 20.3 Å². The minimum absolute atomic E-state index is 0.0386. The highest BCUT2D eigenvalue weighted by molar-refractivity contribution is 6.31. The van der Waals surface area contributed by atoms with Crippen molar-refractivity contribution in [3.05, 3.63) is 10.6 Å². The summed E-state index contributed by atoms with van der Waals surface area (Å²) < 4.78 is 0. The zero-order chi connectivity index (χ0) is 13.1. The zero-order valence-electron chi connectivity index (χ0n) is 9.44. The minimum atomic E-state index is -0.722. The number of aromatic nitrogens is 3. The first-order chi connectivity index (χ1) is 8.54. The van der Waals surface area contributed by atoms with Crippen molar-refractivity contribution in [3.63, 3.8) is 0 Å². The Morgan fingerprint density at radius 1 is 1.11 bits per heavy atom. The van der Waals surface area contributed by atoms with E-state index in [1.807, 2.05) is 0 Å². The molecule has 0 bridgehead atoms. The lowest BCUT2D eigenvalue weighted by Crippen LogP contribution is -2.29. The monoisotopic (exact) mass is 290 g/mol. The van der Waals surface area contributed by atoms with Crippen LogP contribution in [-0.4, -0.2) is 32.1 Å². The summed E-state index contributed by atoms with van der Waals surface area (Å²) in [6, 6.07) is 0.148. The van der Waals surface area contributed by atoms with Crippen LogP contribution in [0.4, 0.5) is 5.95 Å². The van der Waals surface area contributed by atoms with Crippen molar-refractivity contribution >= 4 is 35.1 Å². The number of hydrogen-bond donors (Lipinski definition) is 2. The molecule has 1 saturated carbocycles. The summed E-state index contributed by atoms with van der Waals surface area (Å²) in [7, 11) is 0. The first-order valence-corrected chi connectivity index (χ1v) is 6.36. The maximum atomic E-state index is 10.8. The average molecular weight is 291 g/mol. The molecule has 1 aromatic rings. The Kier molecular flexibility index (Phi) is 4.19. The number of hydrogen-bond acceptors (Lipinski definition) is 5. The summed E-state index contributed by atoms with van der Waals surface area (Å²) in [4.78, 5) is 22.3. The highest BCUT2D eigenvalue weighted by atomic mass is 35.5. The van der Waals surface area contributed by atoms with E-state index in [0.717, 1.165) is 12.8 Å². The summed E-state index contributed by atoms with van der Waals surface area (Å²) in [6.07, 6.45) is 2.83. The topological polar surface area (TPSA) is 88.0 Å². The second kappa shape index (κ2) is 5.67. The fourth-order valence-corrected chi connectivity index (χ4v) is 2.42. The maximum absolute atomic E-state index is 10.8. The van der Waals surface area contributed by atoms with Gasteiger partial charge in [0.15, 0.2) is 0 Å². The third-order valence-electron chi connectivity index (χ3n) is 2.99. The fourth-order valence-electron chi connectivity index (χ4n) is 2.06. The molecular weight excluding hydrogens is 279 g/mol. The molecule has 1 aromatic heterocycles. The molecule has 8 heteroatoms. The first-order valence-electron chi connectivity index (χ1n) is 5.61. The molecule has 6 nitrogen and oxygen atoms in total. The number of carbonyl (C=O) groups is 1. The SMILES string of the molecule is O=C(O)[C@H]1CC[C@@H](Nc2nc(Cl)nc(Cl)n2)CC1. The van der Waals surface area contributed by atoms with Gasteiger partial charge in [-0.15, -0.1) is 0 Å². The van der Waals surface area contributed by atoms with Crippen LogP contribution in [0.25, 0.3) is 0 Å². The van der Waals surface area contributed by atoms with Crippen LogP contribution in [0, 0.1) is 5.92 Å². The van der Waals surface area contributed by atoms with Gasteiger partial charge in [0.1, 0.15) is 0 Å². The molecule has 0 spiro atoms. The number of carboxylic acid groups (broad SMARTS) is 1. The highest BCUT2D eigenvalue weighted by Gasteiger charge is 2.26. The molecule has 98 valence electrons. The molecule has 2 N–H and O–H groups in total. The second-order valence-electron chi connectivity index (χ2n) is 4.23. The van der Waals surface area contributed by atoms with Gasteiger partial charge in [0.2, 0.25) is 16.5 Å². The smallest absolute Gasteiger partial charge is 0.306 e. The molecule has 2 rings (SSSR count). The van der Waals surface area contributed by atoms with Crippen molar-refractivity contribution in [1.29, 1.82) is 0 Å². The van der Waals surface area contributed by atoms with Crippen LogP contribution in [0.1, 0.15) is 25.7 Å². The molecule has 0 saturated heterocycles. The Morgan fingerprint density at radius 2 is 1.67 bits per heavy atom. The largest absolute Gasteiger partial charge is 0.481 e. The van der Waals surface area contributed by atoms with Gasteiger partial charge in [0.05, 0.1) is 5.92 Å². The number of nitrogens with zero attached hydrogens (tertiary/aromatic N) is 3. The standard InChI is InChI=1S/C10H12Cl2N4O2/c11-8-14-9(12)16-10(15-8)13-6-3-1-5(2-4-6)7(17)18/h5-6H,1-4H2,(H,17,18)(H,13,14,15,16)/t5-,6+. The number of nitrogens with one attached hydrogen (secondary N) is 1. The summed E-state index contributed by atoms with van der Waals surface area (Å²) >= 11 is 11.3. The lowest BCUT2D eigenvalue weighted by atomic mass is 9.86. The van der Waals surface area contributed by atoms with E-state index in [1.165, 1.54) is 0 Å². The molecular formula is C10H12Cl2N4O2. The predicted molar refractivity (Wildman–Crippen MR) is 66.9 cm³/mol. The molecule has 0 aliphatic heterocycles. The number of carboxylic acids is 1. The number of rotatable bonds is 3. The fraction of sp³-hybridized carbons (Fsp3) is 0.600. The molecule has 0 aromatic carbocycles. The van der Waals surface area contributed by atoms with Gasteiger partial charge in [-0.3, -0.25) is 4.79 Å². The van der Waals surface area contributed by atoms with Gasteiger partial charge in [-0.2, -0.15) is 15.0 Å². The van der Waals surface area contributed by atoms with Crippen molar-refractivity contribution < 1.29 is 9.90 Å². The third-order valence-corrected chi connectivity index (χ3v) is 3.33. The molecule has 1 fully saturated rings. The van der Waals surface area contributed by atoms with Crippen LogP contribution >= 0.6 is 23.2 Å². The van der Waals surface area contributed by atoms with Crippen LogP contribution in [0.5, 0.6) is 0 Å². The number of halogens is 2. The van der Waals surface area contributed by atoms with Gasteiger partial charge >= 0.3 is 5.97 Å². The van der Waals surface area contributed by atoms with Crippen molar-refractivity contribution in [2.24, 2.45) is 5.92 Å². The normalized spacial score (nSPS) is 23.7. The number of aliphatic carboxylic acids is 1. The molecule has 0 unspecified atom stereocenters. The Bertz CT molecular complexity index is 429. The van der Waals surface area contributed by atoms with Gasteiger partial charge in [0, 0.05) is 6.04 Å². The van der Waals surface area contributed by atoms with Crippen molar-refractivity contribution in [1.82, 2.24) is 15.0 Å². The predicted octanol–water partition coefficient (Wildman–Crippen LogP) is 2.23. The molecule has 0 atom stereocenters. The van der Waals surface area contributed by atoms with Gasteiger partial charge in [-0.05, 0) is 48.9 Å². The summed E-state index contributed by atoms with van der Waals surface area (Å²) in [5.74, 6) is -0.632. The van der Waals surface area contributed by atoms with Crippen LogP contribution in [0.3, 0.4) is 0 Å². The zero-order valence-corrected chi connectivity index (χ0v) is 10.9. The molecule has 1 aliphatic rings. The summed E-state index contributed by atoms with van der Waals surface area (Å²) in [5, 5.41) is 12.1. The van der Waals surface area contributed by atoms with Crippen molar-refractivity contribution in [3.8, 4) is 0 Å². The van der Waals surface area contributed by atoms with Crippen molar-refractivity contribution in [2.45, 2.75) is 31.7 Å². The van der Waals surface area contributed by atoms with Crippen LogP contribution < -0.4 is 5.32 Å². The van der Waals surface area contributed by atoms with Gasteiger partial charge in [0.25, 0.3) is 0 Å². The lowest BCUT2D eigenvalue weighted by Gasteiger charge is -2.26. The first kappa shape index (κ1) is 13.3. The van der Waals surface area contributed by atoms with E-state index in [9.17, 15) is 4.79 Å². The molecule has 0 radical (unpaired) electrons. The van der Waals surface area contributed by atoms with E-state index < -0.39 is 5.97 Å². The molecule has 18 heavy (non-hydrogen) atoms. The van der Waals surface area contributed by atoms with Gasteiger partial charge in [-0.1, -0.05) is 0 Å². The average Bonchev–Trinajstić information content (AvgIpc) is 2.28. The third kappa shape index (κ3) is 3.43. The van der Waals surface area contributed by atoms with Gasteiger partial charge in [-0.25, -0.2) is 0 Å². The summed E-state index contributed by atoms with van der Waals surface area (Å²) in [6.45, 7) is 0. The Balaban J connectivity index is 1.93. The van der Waals surface area contributed by atoms with Gasteiger partial charge < -0.3 is 10.4 Å².